The lowest BCUT2D eigenvalue weighted by Crippen LogP contribution is -2.45. The van der Waals surface area contributed by atoms with E-state index in [-0.39, 0.29) is 11.1 Å². The molecule has 5 rings (SSSR count). The Labute approximate surface area is 212 Å². The molecule has 0 saturated heterocycles. The summed E-state index contributed by atoms with van der Waals surface area (Å²) in [4.78, 5) is 14.0. The highest BCUT2D eigenvalue weighted by atomic mass is 16.1. The Balaban J connectivity index is 1.58. The molecule has 36 heavy (non-hydrogen) atoms. The lowest BCUT2D eigenvalue weighted by molar-refractivity contribution is 0.0280. The molecule has 0 amide bonds. The van der Waals surface area contributed by atoms with Gasteiger partial charge in [0.05, 0.1) is 5.41 Å². The van der Waals surface area contributed by atoms with Crippen molar-refractivity contribution in [2.24, 2.45) is 5.41 Å². The average molecular weight is 488 g/mol. The number of tetrazole rings is 1. The number of dihydropyridines is 1. The maximum Gasteiger partial charge on any atom is 0.328 e. The SMILES string of the molecule is CCCCc1cn(C2CCC2(CC)CC)c(=O)n1CC1(c2cccc(-c3nn[nH]n3)c2)C=CNC=C1. The fraction of sp³-hybridized carbons (Fsp3) is 0.500. The third-order valence-electron chi connectivity index (χ3n) is 8.62. The minimum absolute atomic E-state index is 0.117. The van der Waals surface area contributed by atoms with Gasteiger partial charge in [-0.05, 0) is 73.2 Å². The second kappa shape index (κ2) is 9.91. The van der Waals surface area contributed by atoms with Gasteiger partial charge in [0.25, 0.3) is 0 Å². The Morgan fingerprint density at radius 1 is 1.14 bits per heavy atom. The van der Waals surface area contributed by atoms with Crippen molar-refractivity contribution in [1.29, 1.82) is 0 Å². The van der Waals surface area contributed by atoms with Gasteiger partial charge in [0.1, 0.15) is 0 Å². The lowest BCUT2D eigenvalue weighted by atomic mass is 9.61. The molecule has 190 valence electrons. The van der Waals surface area contributed by atoms with E-state index in [9.17, 15) is 4.79 Å². The molecule has 8 heteroatoms. The van der Waals surface area contributed by atoms with Gasteiger partial charge >= 0.3 is 5.69 Å². The number of aryl methyl sites for hydroxylation is 1. The van der Waals surface area contributed by atoms with Crippen LogP contribution in [0.5, 0.6) is 0 Å². The average Bonchev–Trinajstić information content (AvgIpc) is 3.54. The maximum atomic E-state index is 14.0. The Bertz CT molecular complexity index is 1280. The van der Waals surface area contributed by atoms with Gasteiger partial charge in [0.2, 0.25) is 5.82 Å². The van der Waals surface area contributed by atoms with Crippen molar-refractivity contribution in [1.82, 2.24) is 35.1 Å². The number of aromatic nitrogens is 6. The van der Waals surface area contributed by atoms with Crippen molar-refractivity contribution >= 4 is 0 Å². The molecular formula is C28H37N7O. The monoisotopic (exact) mass is 487 g/mol. The molecule has 1 atom stereocenters. The molecule has 8 nitrogen and oxygen atoms in total. The summed E-state index contributed by atoms with van der Waals surface area (Å²) in [5.41, 5.74) is 2.98. The highest BCUT2D eigenvalue weighted by molar-refractivity contribution is 5.57. The van der Waals surface area contributed by atoms with Crippen molar-refractivity contribution in [2.75, 3.05) is 0 Å². The van der Waals surface area contributed by atoms with Crippen LogP contribution in [0.4, 0.5) is 0 Å². The normalized spacial score (nSPS) is 19.7. The van der Waals surface area contributed by atoms with E-state index < -0.39 is 5.41 Å². The van der Waals surface area contributed by atoms with Crippen LogP contribution < -0.4 is 11.0 Å². The number of benzene rings is 1. The molecule has 0 radical (unpaired) electrons. The molecule has 0 spiro atoms. The number of rotatable bonds is 10. The van der Waals surface area contributed by atoms with Crippen molar-refractivity contribution in [3.05, 3.63) is 76.8 Å². The smallest absolute Gasteiger partial charge is 0.328 e. The Kier molecular flexibility index (Phi) is 6.69. The molecule has 1 aliphatic heterocycles. The van der Waals surface area contributed by atoms with Gasteiger partial charge in [0.15, 0.2) is 0 Å². The summed E-state index contributed by atoms with van der Waals surface area (Å²) >= 11 is 0. The zero-order valence-electron chi connectivity index (χ0n) is 21.6. The van der Waals surface area contributed by atoms with Gasteiger partial charge in [-0.1, -0.05) is 57.5 Å². The molecular weight excluding hydrogens is 450 g/mol. The van der Waals surface area contributed by atoms with Gasteiger partial charge in [-0.3, -0.25) is 9.13 Å². The van der Waals surface area contributed by atoms with E-state index in [4.69, 9.17) is 0 Å². The lowest BCUT2D eigenvalue weighted by Gasteiger charge is -2.49. The number of hydrogen-bond donors (Lipinski definition) is 2. The summed E-state index contributed by atoms with van der Waals surface area (Å²) < 4.78 is 4.10. The largest absolute Gasteiger partial charge is 0.368 e. The third-order valence-corrected chi connectivity index (χ3v) is 8.62. The minimum atomic E-state index is -0.478. The molecule has 1 unspecified atom stereocenters. The molecule has 2 aromatic heterocycles. The number of nitrogens with zero attached hydrogens (tertiary/aromatic N) is 5. The zero-order valence-corrected chi connectivity index (χ0v) is 21.6. The van der Waals surface area contributed by atoms with Crippen molar-refractivity contribution in [2.45, 2.75) is 83.7 Å². The minimum Gasteiger partial charge on any atom is -0.368 e. The Hall–Kier alpha value is -3.42. The van der Waals surface area contributed by atoms with Gasteiger partial charge in [-0.15, -0.1) is 10.2 Å². The van der Waals surface area contributed by atoms with Gasteiger partial charge in [0, 0.05) is 30.0 Å². The fourth-order valence-electron chi connectivity index (χ4n) is 6.08. The quantitative estimate of drug-likeness (QED) is 0.425. The topological polar surface area (TPSA) is 93.4 Å². The number of allylic oxidation sites excluding steroid dienone is 2. The Morgan fingerprint density at radius 3 is 2.58 bits per heavy atom. The van der Waals surface area contributed by atoms with Crippen LogP contribution >= 0.6 is 0 Å². The van der Waals surface area contributed by atoms with E-state index in [1.807, 2.05) is 29.1 Å². The summed E-state index contributed by atoms with van der Waals surface area (Å²) in [6.45, 7) is 7.28. The van der Waals surface area contributed by atoms with Crippen LogP contribution in [0, 0.1) is 5.41 Å². The number of unbranched alkanes of at least 4 members (excludes halogenated alkanes) is 1. The molecule has 2 aliphatic rings. The first kappa shape index (κ1) is 24.3. The standard InChI is InChI=1S/C28H37N7O/c1-4-7-11-23-19-34(24-12-13-27(24,5-2)6-3)26(36)35(23)20-28(14-16-29-17-15-28)22-10-8-9-21(18-22)25-30-32-33-31-25/h8-10,14-19,24,29H,4-7,11-13,20H2,1-3H3,(H,30,31,32,33). The Morgan fingerprint density at radius 2 is 1.94 bits per heavy atom. The number of aromatic amines is 1. The first-order valence-electron chi connectivity index (χ1n) is 13.3. The van der Waals surface area contributed by atoms with Crippen LogP contribution in [0.3, 0.4) is 0 Å². The van der Waals surface area contributed by atoms with Crippen LogP contribution in [0.25, 0.3) is 11.4 Å². The predicted octanol–water partition coefficient (Wildman–Crippen LogP) is 4.88. The summed E-state index contributed by atoms with van der Waals surface area (Å²) in [7, 11) is 0. The van der Waals surface area contributed by atoms with E-state index in [0.717, 1.165) is 55.3 Å². The molecule has 1 aliphatic carbocycles. The van der Waals surface area contributed by atoms with Crippen molar-refractivity contribution in [3.8, 4) is 11.4 Å². The first-order chi connectivity index (χ1) is 17.6. The molecule has 3 aromatic rings. The van der Waals surface area contributed by atoms with E-state index in [1.54, 1.807) is 0 Å². The summed E-state index contributed by atoms with van der Waals surface area (Å²) in [6, 6.07) is 8.51. The summed E-state index contributed by atoms with van der Waals surface area (Å²) in [6.07, 6.45) is 18.0. The highest BCUT2D eigenvalue weighted by Gasteiger charge is 2.46. The van der Waals surface area contributed by atoms with Crippen molar-refractivity contribution < 1.29 is 0 Å². The van der Waals surface area contributed by atoms with E-state index in [0.29, 0.717) is 18.4 Å². The van der Waals surface area contributed by atoms with Gasteiger partial charge < -0.3 is 5.32 Å². The van der Waals surface area contributed by atoms with E-state index in [1.165, 1.54) is 6.42 Å². The third kappa shape index (κ3) is 4.12. The number of imidazole rings is 1. The van der Waals surface area contributed by atoms with Crippen LogP contribution in [0.15, 0.2) is 59.8 Å². The van der Waals surface area contributed by atoms with Crippen LogP contribution in [-0.2, 0) is 18.4 Å². The van der Waals surface area contributed by atoms with Crippen molar-refractivity contribution in [3.63, 3.8) is 0 Å². The van der Waals surface area contributed by atoms with Crippen LogP contribution in [0.1, 0.15) is 76.6 Å². The fourth-order valence-corrected chi connectivity index (χ4v) is 6.08. The zero-order chi connectivity index (χ0) is 25.2. The van der Waals surface area contributed by atoms with Gasteiger partial charge in [-0.2, -0.15) is 5.21 Å². The summed E-state index contributed by atoms with van der Waals surface area (Å²) in [5.74, 6) is 0.557. The van der Waals surface area contributed by atoms with Gasteiger partial charge in [-0.25, -0.2) is 4.79 Å². The predicted molar refractivity (Wildman–Crippen MR) is 141 cm³/mol. The second-order valence-corrected chi connectivity index (χ2v) is 10.3. The summed E-state index contributed by atoms with van der Waals surface area (Å²) in [5, 5.41) is 17.7. The number of hydrogen-bond acceptors (Lipinski definition) is 5. The molecule has 1 aromatic carbocycles. The molecule has 3 heterocycles. The highest BCUT2D eigenvalue weighted by Crippen LogP contribution is 2.54. The molecule has 1 saturated carbocycles. The number of nitrogens with one attached hydrogen (secondary N) is 2. The number of H-pyrrole nitrogens is 1. The van der Waals surface area contributed by atoms with Crippen LogP contribution in [-0.4, -0.2) is 29.8 Å². The molecule has 2 N–H and O–H groups in total. The second-order valence-electron chi connectivity index (χ2n) is 10.3. The molecule has 1 fully saturated rings. The van der Waals surface area contributed by atoms with Crippen LogP contribution in [0.2, 0.25) is 0 Å². The molecule has 0 bridgehead atoms. The maximum absolute atomic E-state index is 14.0. The van der Waals surface area contributed by atoms with E-state index in [2.05, 4.69) is 81.8 Å². The first-order valence-corrected chi connectivity index (χ1v) is 13.3. The van der Waals surface area contributed by atoms with E-state index >= 15 is 0 Å².